The van der Waals surface area contributed by atoms with Gasteiger partial charge in [0.05, 0.1) is 12.9 Å². The summed E-state index contributed by atoms with van der Waals surface area (Å²) in [5.74, 6) is -0.663. The van der Waals surface area contributed by atoms with E-state index in [2.05, 4.69) is 0 Å². The van der Waals surface area contributed by atoms with Gasteiger partial charge >= 0.3 is 0 Å². The average Bonchev–Trinajstić information content (AvgIpc) is 2.12. The molecule has 0 aliphatic heterocycles. The first-order valence-corrected chi connectivity index (χ1v) is 7.06. The summed E-state index contributed by atoms with van der Waals surface area (Å²) in [5.41, 5.74) is 1.21. The Hall–Kier alpha value is -0.810. The van der Waals surface area contributed by atoms with E-state index in [1.807, 2.05) is 0 Å². The molecular weight excluding hydrogens is 255 g/mol. The van der Waals surface area contributed by atoms with Crippen LogP contribution in [0, 0.1) is 12.7 Å². The van der Waals surface area contributed by atoms with Crippen molar-refractivity contribution in [3.63, 3.8) is 0 Å². The molecule has 90 valence electrons. The Morgan fingerprint density at radius 1 is 1.44 bits per heavy atom. The highest BCUT2D eigenvalue weighted by molar-refractivity contribution is 8.13. The first-order chi connectivity index (χ1) is 7.33. The van der Waals surface area contributed by atoms with E-state index in [0.29, 0.717) is 11.1 Å². The van der Waals surface area contributed by atoms with Crippen molar-refractivity contribution in [1.29, 1.82) is 0 Å². The molecular formula is C10H12ClFO3S. The van der Waals surface area contributed by atoms with E-state index in [9.17, 15) is 12.8 Å². The predicted molar refractivity (Wildman–Crippen MR) is 61.0 cm³/mol. The number of aryl methyl sites for hydroxylation is 2. The molecule has 0 saturated heterocycles. The van der Waals surface area contributed by atoms with E-state index < -0.39 is 14.9 Å². The highest BCUT2D eigenvalue weighted by atomic mass is 35.7. The van der Waals surface area contributed by atoms with Crippen molar-refractivity contribution in [2.75, 3.05) is 12.9 Å². The van der Waals surface area contributed by atoms with Gasteiger partial charge in [-0.05, 0) is 30.5 Å². The van der Waals surface area contributed by atoms with Crippen molar-refractivity contribution in [3.05, 3.63) is 29.1 Å². The molecule has 0 radical (unpaired) electrons. The molecule has 3 nitrogen and oxygen atoms in total. The number of halogens is 2. The van der Waals surface area contributed by atoms with Crippen molar-refractivity contribution >= 4 is 19.7 Å². The molecule has 0 aliphatic rings. The molecule has 1 aromatic carbocycles. The summed E-state index contributed by atoms with van der Waals surface area (Å²) < 4.78 is 39.9. The Morgan fingerprint density at radius 3 is 2.56 bits per heavy atom. The summed E-state index contributed by atoms with van der Waals surface area (Å²) in [6.07, 6.45) is 0.133. The van der Waals surface area contributed by atoms with Crippen molar-refractivity contribution in [1.82, 2.24) is 0 Å². The van der Waals surface area contributed by atoms with E-state index >= 15 is 0 Å². The van der Waals surface area contributed by atoms with Gasteiger partial charge in [-0.15, -0.1) is 0 Å². The maximum atomic E-state index is 13.4. The standard InChI is InChI=1S/C10H12ClFO3S/c1-7-5-8(3-4-16(11,13)14)10(15-2)9(12)6-7/h5-6H,3-4H2,1-2H3. The van der Waals surface area contributed by atoms with Gasteiger partial charge in [-0.25, -0.2) is 12.8 Å². The maximum Gasteiger partial charge on any atom is 0.232 e. The Morgan fingerprint density at radius 2 is 2.06 bits per heavy atom. The molecule has 1 rings (SSSR count). The van der Waals surface area contributed by atoms with Crippen LogP contribution in [0.4, 0.5) is 4.39 Å². The van der Waals surface area contributed by atoms with Gasteiger partial charge in [0.15, 0.2) is 11.6 Å². The normalized spacial score (nSPS) is 11.5. The number of hydrogen-bond acceptors (Lipinski definition) is 3. The summed E-state index contributed by atoms with van der Waals surface area (Å²) in [6.45, 7) is 1.72. The SMILES string of the molecule is COc1c(F)cc(C)cc1CCS(=O)(=O)Cl. The lowest BCUT2D eigenvalue weighted by atomic mass is 10.1. The van der Waals surface area contributed by atoms with Crippen LogP contribution >= 0.6 is 10.7 Å². The third-order valence-electron chi connectivity index (χ3n) is 2.08. The lowest BCUT2D eigenvalue weighted by molar-refractivity contribution is 0.381. The predicted octanol–water partition coefficient (Wildman–Crippen LogP) is 2.25. The van der Waals surface area contributed by atoms with Gasteiger partial charge < -0.3 is 4.74 Å². The zero-order valence-corrected chi connectivity index (χ0v) is 10.5. The van der Waals surface area contributed by atoms with Crippen LogP contribution < -0.4 is 4.74 Å². The Balaban J connectivity index is 3.03. The van der Waals surface area contributed by atoms with Gasteiger partial charge in [-0.1, -0.05) is 6.07 Å². The molecule has 16 heavy (non-hydrogen) atoms. The second kappa shape index (κ2) is 5.01. The molecule has 0 N–H and O–H groups in total. The maximum absolute atomic E-state index is 13.4. The van der Waals surface area contributed by atoms with Crippen LogP contribution in [-0.2, 0) is 15.5 Å². The minimum Gasteiger partial charge on any atom is -0.493 e. The van der Waals surface area contributed by atoms with Gasteiger partial charge in [0.1, 0.15) is 0 Å². The molecule has 0 amide bonds. The van der Waals surface area contributed by atoms with Crippen molar-refractivity contribution in [2.24, 2.45) is 0 Å². The molecule has 0 fully saturated rings. The molecule has 0 bridgehead atoms. The van der Waals surface area contributed by atoms with Crippen molar-refractivity contribution < 1.29 is 17.5 Å². The molecule has 0 spiro atoms. The highest BCUT2D eigenvalue weighted by Crippen LogP contribution is 2.25. The van der Waals surface area contributed by atoms with E-state index in [-0.39, 0.29) is 17.9 Å². The third-order valence-corrected chi connectivity index (χ3v) is 3.24. The van der Waals surface area contributed by atoms with Crippen molar-refractivity contribution in [2.45, 2.75) is 13.3 Å². The molecule has 0 saturated carbocycles. The quantitative estimate of drug-likeness (QED) is 0.785. The van der Waals surface area contributed by atoms with E-state index in [1.54, 1.807) is 13.0 Å². The summed E-state index contributed by atoms with van der Waals surface area (Å²) in [5, 5.41) is 0. The van der Waals surface area contributed by atoms with Crippen LogP contribution in [0.3, 0.4) is 0 Å². The number of rotatable bonds is 4. The number of methoxy groups -OCH3 is 1. The smallest absolute Gasteiger partial charge is 0.232 e. The largest absolute Gasteiger partial charge is 0.493 e. The second-order valence-corrected chi connectivity index (χ2v) is 6.33. The number of hydrogen-bond donors (Lipinski definition) is 0. The van der Waals surface area contributed by atoms with Gasteiger partial charge in [0.25, 0.3) is 0 Å². The Kier molecular flexibility index (Phi) is 4.15. The van der Waals surface area contributed by atoms with Crippen LogP contribution in [0.15, 0.2) is 12.1 Å². The summed E-state index contributed by atoms with van der Waals surface area (Å²) >= 11 is 0. The fraction of sp³-hybridized carbons (Fsp3) is 0.400. The summed E-state index contributed by atoms with van der Waals surface area (Å²) in [6, 6.07) is 3.02. The molecule has 0 unspecified atom stereocenters. The number of ether oxygens (including phenoxy) is 1. The molecule has 6 heteroatoms. The molecule has 0 aromatic heterocycles. The topological polar surface area (TPSA) is 43.4 Å². The van der Waals surface area contributed by atoms with Gasteiger partial charge in [0.2, 0.25) is 9.05 Å². The first-order valence-electron chi connectivity index (χ1n) is 4.59. The fourth-order valence-electron chi connectivity index (χ4n) is 1.45. The Bertz CT molecular complexity index is 485. The fourth-order valence-corrected chi connectivity index (χ4v) is 2.14. The third kappa shape index (κ3) is 3.64. The second-order valence-electron chi connectivity index (χ2n) is 3.43. The van der Waals surface area contributed by atoms with E-state index in [4.69, 9.17) is 15.4 Å². The van der Waals surface area contributed by atoms with Crippen LogP contribution in [0.5, 0.6) is 5.75 Å². The molecule has 1 aromatic rings. The molecule has 0 aliphatic carbocycles. The zero-order valence-electron chi connectivity index (χ0n) is 8.96. The molecule has 0 heterocycles. The summed E-state index contributed by atoms with van der Waals surface area (Å²) in [4.78, 5) is 0. The van der Waals surface area contributed by atoms with Crippen molar-refractivity contribution in [3.8, 4) is 5.75 Å². The number of benzene rings is 1. The van der Waals surface area contributed by atoms with Gasteiger partial charge in [0, 0.05) is 10.7 Å². The average molecular weight is 267 g/mol. The van der Waals surface area contributed by atoms with E-state index in [0.717, 1.165) is 0 Å². The Labute approximate surface area is 98.6 Å². The van der Waals surface area contributed by atoms with Crippen LogP contribution in [-0.4, -0.2) is 21.3 Å². The van der Waals surface area contributed by atoms with E-state index in [1.165, 1.54) is 13.2 Å². The monoisotopic (exact) mass is 266 g/mol. The summed E-state index contributed by atoms with van der Waals surface area (Å²) in [7, 11) is 2.86. The highest BCUT2D eigenvalue weighted by Gasteiger charge is 2.13. The zero-order chi connectivity index (χ0) is 12.3. The van der Waals surface area contributed by atoms with Crippen LogP contribution in [0.1, 0.15) is 11.1 Å². The van der Waals surface area contributed by atoms with Crippen LogP contribution in [0.2, 0.25) is 0 Å². The lowest BCUT2D eigenvalue weighted by Crippen LogP contribution is -2.04. The van der Waals surface area contributed by atoms with Gasteiger partial charge in [-0.2, -0.15) is 0 Å². The molecule has 0 atom stereocenters. The lowest BCUT2D eigenvalue weighted by Gasteiger charge is -2.09. The first kappa shape index (κ1) is 13.3. The van der Waals surface area contributed by atoms with Gasteiger partial charge in [-0.3, -0.25) is 0 Å². The minimum atomic E-state index is -3.58. The van der Waals surface area contributed by atoms with Crippen LogP contribution in [0.25, 0.3) is 0 Å². The minimum absolute atomic E-state index is 0.0749.